The summed E-state index contributed by atoms with van der Waals surface area (Å²) in [7, 11) is -0.897. The second kappa shape index (κ2) is 9.62. The second-order valence-electron chi connectivity index (χ2n) is 7.52. The summed E-state index contributed by atoms with van der Waals surface area (Å²) in [5.41, 5.74) is 0.0794. The van der Waals surface area contributed by atoms with Crippen LogP contribution in [0.4, 0.5) is 0 Å². The molecule has 29 heavy (non-hydrogen) atoms. The Morgan fingerprint density at radius 1 is 0.862 bits per heavy atom. The molecule has 0 N–H and O–H groups in total. The van der Waals surface area contributed by atoms with Crippen molar-refractivity contribution in [1.29, 1.82) is 0 Å². The fourth-order valence-corrected chi connectivity index (χ4v) is 5.40. The molecule has 3 rings (SSSR count). The Balaban J connectivity index is 1.94. The molecule has 4 heteroatoms. The van der Waals surface area contributed by atoms with Gasteiger partial charge in [0, 0.05) is 5.41 Å². The number of hydrogen-bond acceptors (Lipinski definition) is 3. The van der Waals surface area contributed by atoms with Crippen LogP contribution in [0.3, 0.4) is 0 Å². The lowest BCUT2D eigenvalue weighted by Gasteiger charge is -2.22. The number of carbonyl (C=O) groups is 2. The zero-order chi connectivity index (χ0) is 20.7. The van der Waals surface area contributed by atoms with Gasteiger partial charge in [0.2, 0.25) is 0 Å². The summed E-state index contributed by atoms with van der Waals surface area (Å²) in [5, 5.41) is 3.33. The van der Waals surface area contributed by atoms with Crippen LogP contribution in [0.1, 0.15) is 30.6 Å². The van der Waals surface area contributed by atoms with Crippen LogP contribution in [-0.2, 0) is 9.53 Å². The molecule has 0 aliphatic heterocycles. The molecule has 0 fully saturated rings. The highest BCUT2D eigenvalue weighted by atomic mass is 31.1. The fourth-order valence-electron chi connectivity index (χ4n) is 2.97. The highest BCUT2D eigenvalue weighted by molar-refractivity contribution is 7.80. The van der Waals surface area contributed by atoms with Crippen LogP contribution in [0.15, 0.2) is 84.9 Å². The highest BCUT2D eigenvalue weighted by Gasteiger charge is 2.23. The lowest BCUT2D eigenvalue weighted by Crippen LogP contribution is -2.26. The normalized spacial score (nSPS) is 11.3. The molecular formula is C25H25O3P. The van der Waals surface area contributed by atoms with E-state index >= 15 is 0 Å². The minimum absolute atomic E-state index is 0.216. The van der Waals surface area contributed by atoms with E-state index in [0.717, 1.165) is 11.6 Å². The third-order valence-corrected chi connectivity index (χ3v) is 7.19. The Labute approximate surface area is 173 Å². The van der Waals surface area contributed by atoms with Gasteiger partial charge in [-0.25, -0.2) is 4.79 Å². The molecular weight excluding hydrogens is 379 g/mol. The molecule has 0 radical (unpaired) electrons. The van der Waals surface area contributed by atoms with Crippen molar-refractivity contribution in [2.45, 2.75) is 20.3 Å². The Kier molecular flexibility index (Phi) is 6.95. The Bertz CT molecular complexity index is 913. The Morgan fingerprint density at radius 2 is 1.38 bits per heavy atom. The molecule has 0 saturated heterocycles. The summed E-state index contributed by atoms with van der Waals surface area (Å²) < 4.78 is 5.54. The van der Waals surface area contributed by atoms with Gasteiger partial charge in [0.25, 0.3) is 0 Å². The van der Waals surface area contributed by atoms with Gasteiger partial charge in [-0.2, -0.15) is 0 Å². The number of ether oxygens (including phenoxy) is 1. The van der Waals surface area contributed by atoms with Crippen molar-refractivity contribution in [2.75, 3.05) is 6.61 Å². The first-order valence-electron chi connectivity index (χ1n) is 9.64. The lowest BCUT2D eigenvalue weighted by atomic mass is 9.92. The summed E-state index contributed by atoms with van der Waals surface area (Å²) >= 11 is 0. The van der Waals surface area contributed by atoms with Crippen LogP contribution in [0.2, 0.25) is 0 Å². The standard InChI is InChI=1S/C25H25O3P/c1-25(2,19-26)17-18-28-24(27)22-15-9-10-16-23(22)29(20-11-5-3-6-12-20)21-13-7-4-8-14-21/h3-16,19H,17-18H2,1-2H3. The number of aldehydes is 1. The van der Waals surface area contributed by atoms with E-state index in [-0.39, 0.29) is 12.6 Å². The van der Waals surface area contributed by atoms with Crippen molar-refractivity contribution < 1.29 is 14.3 Å². The molecule has 3 nitrogen and oxygen atoms in total. The smallest absolute Gasteiger partial charge is 0.338 e. The molecule has 0 bridgehead atoms. The molecule has 0 aliphatic carbocycles. The predicted octanol–water partition coefficient (Wildman–Crippen LogP) is 4.22. The third-order valence-electron chi connectivity index (χ3n) is 4.69. The molecule has 0 saturated carbocycles. The SMILES string of the molecule is CC(C)(C=O)CCOC(=O)c1ccccc1P(c1ccccc1)c1ccccc1. The quantitative estimate of drug-likeness (QED) is 0.321. The molecule has 0 aliphatic rings. The van der Waals surface area contributed by atoms with Crippen molar-refractivity contribution in [3.8, 4) is 0 Å². The highest BCUT2D eigenvalue weighted by Crippen LogP contribution is 2.34. The Morgan fingerprint density at radius 3 is 1.93 bits per heavy atom. The van der Waals surface area contributed by atoms with Crippen molar-refractivity contribution in [3.63, 3.8) is 0 Å². The molecule has 3 aromatic carbocycles. The van der Waals surface area contributed by atoms with Gasteiger partial charge in [0.15, 0.2) is 0 Å². The molecule has 3 aromatic rings. The van der Waals surface area contributed by atoms with Crippen LogP contribution in [0.25, 0.3) is 0 Å². The van der Waals surface area contributed by atoms with Crippen molar-refractivity contribution in [2.24, 2.45) is 5.41 Å². The van der Waals surface area contributed by atoms with E-state index in [1.165, 1.54) is 10.6 Å². The van der Waals surface area contributed by atoms with E-state index in [1.807, 2.05) is 74.5 Å². The van der Waals surface area contributed by atoms with E-state index in [9.17, 15) is 9.59 Å². The number of benzene rings is 3. The average Bonchev–Trinajstić information content (AvgIpc) is 2.76. The van der Waals surface area contributed by atoms with E-state index in [2.05, 4.69) is 24.3 Å². The third kappa shape index (κ3) is 5.40. The van der Waals surface area contributed by atoms with Gasteiger partial charge in [-0.05, 0) is 36.3 Å². The first kappa shape index (κ1) is 21.0. The summed E-state index contributed by atoms with van der Waals surface area (Å²) in [6.45, 7) is 3.89. The lowest BCUT2D eigenvalue weighted by molar-refractivity contribution is -0.115. The molecule has 0 spiro atoms. The zero-order valence-electron chi connectivity index (χ0n) is 16.7. The number of hydrogen-bond donors (Lipinski definition) is 0. The average molecular weight is 404 g/mol. The predicted molar refractivity (Wildman–Crippen MR) is 120 cm³/mol. The monoisotopic (exact) mass is 404 g/mol. The minimum atomic E-state index is -0.897. The van der Waals surface area contributed by atoms with Gasteiger partial charge in [-0.15, -0.1) is 0 Å². The van der Waals surface area contributed by atoms with Crippen LogP contribution in [0, 0.1) is 5.41 Å². The van der Waals surface area contributed by atoms with Gasteiger partial charge >= 0.3 is 5.97 Å². The Hall–Kier alpha value is -2.77. The van der Waals surface area contributed by atoms with E-state index in [4.69, 9.17) is 4.74 Å². The summed E-state index contributed by atoms with van der Waals surface area (Å²) in [5.74, 6) is -0.346. The van der Waals surface area contributed by atoms with Gasteiger partial charge in [0.1, 0.15) is 6.29 Å². The van der Waals surface area contributed by atoms with E-state index in [1.54, 1.807) is 0 Å². The number of esters is 1. The van der Waals surface area contributed by atoms with Crippen molar-refractivity contribution >= 4 is 36.1 Å². The molecule has 0 unspecified atom stereocenters. The molecule has 0 atom stereocenters. The topological polar surface area (TPSA) is 43.4 Å². The largest absolute Gasteiger partial charge is 0.462 e. The molecule has 0 aromatic heterocycles. The van der Waals surface area contributed by atoms with Crippen LogP contribution >= 0.6 is 7.92 Å². The zero-order valence-corrected chi connectivity index (χ0v) is 17.6. The molecule has 148 valence electrons. The van der Waals surface area contributed by atoms with E-state index in [0.29, 0.717) is 12.0 Å². The van der Waals surface area contributed by atoms with Crippen LogP contribution in [0.5, 0.6) is 0 Å². The maximum atomic E-state index is 12.9. The molecule has 0 heterocycles. The van der Waals surface area contributed by atoms with E-state index < -0.39 is 13.3 Å². The maximum absolute atomic E-state index is 12.9. The van der Waals surface area contributed by atoms with Gasteiger partial charge in [-0.1, -0.05) is 92.7 Å². The summed E-state index contributed by atoms with van der Waals surface area (Å²) in [4.78, 5) is 24.0. The van der Waals surface area contributed by atoms with Gasteiger partial charge < -0.3 is 9.53 Å². The number of carbonyl (C=O) groups excluding carboxylic acids is 2. The molecule has 0 amide bonds. The number of rotatable bonds is 8. The van der Waals surface area contributed by atoms with Gasteiger partial charge in [0.05, 0.1) is 12.2 Å². The van der Waals surface area contributed by atoms with Crippen molar-refractivity contribution in [3.05, 3.63) is 90.5 Å². The first-order chi connectivity index (χ1) is 14.0. The summed E-state index contributed by atoms with van der Waals surface area (Å²) in [6, 6.07) is 28.2. The minimum Gasteiger partial charge on any atom is -0.462 e. The van der Waals surface area contributed by atoms with Gasteiger partial charge in [-0.3, -0.25) is 0 Å². The van der Waals surface area contributed by atoms with Crippen LogP contribution < -0.4 is 15.9 Å². The first-order valence-corrected chi connectivity index (χ1v) is 11.0. The maximum Gasteiger partial charge on any atom is 0.338 e. The van der Waals surface area contributed by atoms with Crippen molar-refractivity contribution in [1.82, 2.24) is 0 Å². The fraction of sp³-hybridized carbons (Fsp3) is 0.200. The second-order valence-corrected chi connectivity index (χ2v) is 9.70. The summed E-state index contributed by atoms with van der Waals surface area (Å²) in [6.07, 6.45) is 1.40. The van der Waals surface area contributed by atoms with Crippen LogP contribution in [-0.4, -0.2) is 18.9 Å².